The van der Waals surface area contributed by atoms with Gasteiger partial charge in [0, 0.05) is 28.8 Å². The van der Waals surface area contributed by atoms with Crippen LogP contribution >= 0.6 is 11.6 Å². The third kappa shape index (κ3) is 4.21. The second kappa shape index (κ2) is 7.14. The number of benzene rings is 2. The van der Waals surface area contributed by atoms with E-state index in [0.29, 0.717) is 22.1 Å². The maximum absolute atomic E-state index is 12.1. The van der Waals surface area contributed by atoms with Crippen molar-refractivity contribution in [1.82, 2.24) is 10.2 Å². The molecule has 1 aromatic heterocycles. The van der Waals surface area contributed by atoms with Gasteiger partial charge in [0.05, 0.1) is 17.0 Å². The number of nitrogens with zero attached hydrogens (tertiary/aromatic N) is 2. The fourth-order valence-corrected chi connectivity index (χ4v) is 2.55. The quantitative estimate of drug-likeness (QED) is 0.536. The second-order valence-electron chi connectivity index (χ2n) is 5.33. The van der Waals surface area contributed by atoms with Crippen LogP contribution in [0.5, 0.6) is 0 Å². The number of anilines is 1. The summed E-state index contributed by atoms with van der Waals surface area (Å²) in [6.45, 7) is 0. The van der Waals surface area contributed by atoms with Crippen molar-refractivity contribution in [3.05, 3.63) is 75.3 Å². The normalized spacial score (nSPS) is 10.4. The van der Waals surface area contributed by atoms with Crippen molar-refractivity contribution in [2.75, 3.05) is 5.32 Å². The number of hydrogen-bond acceptors (Lipinski definition) is 4. The molecule has 0 aliphatic heterocycles. The first kappa shape index (κ1) is 16.7. The topological polar surface area (TPSA) is 101 Å². The summed E-state index contributed by atoms with van der Waals surface area (Å²) in [7, 11) is 0. The number of halogens is 1. The lowest BCUT2D eigenvalue weighted by atomic mass is 10.1. The highest BCUT2D eigenvalue weighted by Gasteiger charge is 2.11. The van der Waals surface area contributed by atoms with E-state index in [1.165, 1.54) is 12.1 Å². The molecule has 25 heavy (non-hydrogen) atoms. The van der Waals surface area contributed by atoms with Gasteiger partial charge >= 0.3 is 0 Å². The van der Waals surface area contributed by atoms with Crippen LogP contribution in [0.3, 0.4) is 0 Å². The summed E-state index contributed by atoms with van der Waals surface area (Å²) in [4.78, 5) is 22.5. The number of nitrogens with one attached hydrogen (secondary N) is 2. The summed E-state index contributed by atoms with van der Waals surface area (Å²) in [5.41, 5.74) is 1.96. The number of hydrogen-bond donors (Lipinski definition) is 2. The lowest BCUT2D eigenvalue weighted by molar-refractivity contribution is -0.384. The van der Waals surface area contributed by atoms with Gasteiger partial charge in [-0.05, 0) is 17.7 Å². The average molecular weight is 357 g/mol. The Hall–Kier alpha value is -3.19. The number of nitro benzene ring substituents is 1. The van der Waals surface area contributed by atoms with E-state index in [-0.39, 0.29) is 18.0 Å². The number of nitro groups is 1. The summed E-state index contributed by atoms with van der Waals surface area (Å²) in [5.74, 6) is 0.105. The summed E-state index contributed by atoms with van der Waals surface area (Å²) in [6, 6.07) is 14.8. The van der Waals surface area contributed by atoms with E-state index in [2.05, 4.69) is 15.5 Å². The van der Waals surface area contributed by atoms with Crippen molar-refractivity contribution in [3.8, 4) is 11.3 Å². The molecule has 2 N–H and O–H groups in total. The van der Waals surface area contributed by atoms with Gasteiger partial charge in [-0.25, -0.2) is 0 Å². The molecule has 2 aromatic carbocycles. The van der Waals surface area contributed by atoms with Crippen molar-refractivity contribution in [2.45, 2.75) is 6.42 Å². The molecule has 0 saturated carbocycles. The molecule has 126 valence electrons. The molecule has 8 heteroatoms. The fourth-order valence-electron chi connectivity index (χ4n) is 2.34. The van der Waals surface area contributed by atoms with Crippen LogP contribution in [0.1, 0.15) is 5.56 Å². The van der Waals surface area contributed by atoms with Crippen LogP contribution in [0.25, 0.3) is 11.3 Å². The molecule has 0 aliphatic carbocycles. The number of rotatable bonds is 5. The highest BCUT2D eigenvalue weighted by molar-refractivity contribution is 6.30. The zero-order valence-corrected chi connectivity index (χ0v) is 13.7. The molecule has 0 saturated heterocycles. The van der Waals surface area contributed by atoms with E-state index < -0.39 is 4.92 Å². The van der Waals surface area contributed by atoms with Crippen LogP contribution in [0.2, 0.25) is 5.02 Å². The molecule has 0 radical (unpaired) electrons. The van der Waals surface area contributed by atoms with Crippen molar-refractivity contribution in [1.29, 1.82) is 0 Å². The van der Waals surface area contributed by atoms with E-state index >= 15 is 0 Å². The van der Waals surface area contributed by atoms with Crippen molar-refractivity contribution in [2.24, 2.45) is 0 Å². The Bertz CT molecular complexity index is 939. The van der Waals surface area contributed by atoms with Crippen LogP contribution in [-0.2, 0) is 11.2 Å². The van der Waals surface area contributed by atoms with Gasteiger partial charge in [-0.1, -0.05) is 35.9 Å². The first-order chi connectivity index (χ1) is 12.0. The first-order valence-corrected chi connectivity index (χ1v) is 7.73. The number of H-pyrrole nitrogens is 1. The maximum atomic E-state index is 12.1. The second-order valence-corrected chi connectivity index (χ2v) is 5.77. The minimum absolute atomic E-state index is 0.0151. The molecule has 0 atom stereocenters. The van der Waals surface area contributed by atoms with Gasteiger partial charge in [-0.2, -0.15) is 5.10 Å². The minimum Gasteiger partial charge on any atom is -0.309 e. The molecule has 1 amide bonds. The summed E-state index contributed by atoms with van der Waals surface area (Å²) >= 11 is 5.90. The number of non-ortho nitro benzene ring substituents is 1. The Morgan fingerprint density at radius 2 is 2.00 bits per heavy atom. The van der Waals surface area contributed by atoms with Crippen LogP contribution in [0.4, 0.5) is 11.5 Å². The van der Waals surface area contributed by atoms with Gasteiger partial charge < -0.3 is 5.32 Å². The number of amides is 1. The van der Waals surface area contributed by atoms with Crippen molar-refractivity contribution >= 4 is 29.0 Å². The Kier molecular flexibility index (Phi) is 4.76. The SMILES string of the molecule is O=C(Cc1cccc(Cl)c1)Nc1cc(-c2cccc([N+](=O)[O-])c2)[nH]n1. The highest BCUT2D eigenvalue weighted by Crippen LogP contribution is 2.24. The Morgan fingerprint density at radius 3 is 2.76 bits per heavy atom. The Balaban J connectivity index is 1.70. The zero-order chi connectivity index (χ0) is 17.8. The zero-order valence-electron chi connectivity index (χ0n) is 12.9. The molecule has 3 rings (SSSR count). The molecule has 3 aromatic rings. The number of carbonyl (C=O) groups is 1. The Labute approximate surface area is 147 Å². The standard InChI is InChI=1S/C17H13ClN4O3/c18-13-5-1-3-11(7-13)8-17(23)19-16-10-15(20-21-16)12-4-2-6-14(9-12)22(24)25/h1-7,9-10H,8H2,(H2,19,20,21,23). The number of aromatic amines is 1. The first-order valence-electron chi connectivity index (χ1n) is 7.36. The number of aromatic nitrogens is 2. The van der Waals surface area contributed by atoms with Gasteiger partial charge in [0.15, 0.2) is 5.82 Å². The lowest BCUT2D eigenvalue weighted by Crippen LogP contribution is -2.14. The molecule has 1 heterocycles. The third-order valence-corrected chi connectivity index (χ3v) is 3.70. The predicted octanol–water partition coefficient (Wildman–Crippen LogP) is 3.82. The minimum atomic E-state index is -0.465. The summed E-state index contributed by atoms with van der Waals surface area (Å²) in [5, 5.41) is 20.9. The van der Waals surface area contributed by atoms with E-state index in [0.717, 1.165) is 5.56 Å². The van der Waals surface area contributed by atoms with Crippen LogP contribution in [0, 0.1) is 10.1 Å². The van der Waals surface area contributed by atoms with Crippen molar-refractivity contribution < 1.29 is 9.72 Å². The van der Waals surface area contributed by atoms with Gasteiger partial charge in [-0.15, -0.1) is 0 Å². The fraction of sp³-hybridized carbons (Fsp3) is 0.0588. The molecule has 0 bridgehead atoms. The molecule has 7 nitrogen and oxygen atoms in total. The molecule has 0 fully saturated rings. The van der Waals surface area contributed by atoms with Gasteiger partial charge in [-0.3, -0.25) is 20.0 Å². The maximum Gasteiger partial charge on any atom is 0.270 e. The van der Waals surface area contributed by atoms with Crippen LogP contribution in [0.15, 0.2) is 54.6 Å². The molecule has 0 spiro atoms. The largest absolute Gasteiger partial charge is 0.309 e. The average Bonchev–Trinajstić information content (AvgIpc) is 3.03. The molecule has 0 unspecified atom stereocenters. The van der Waals surface area contributed by atoms with E-state index in [9.17, 15) is 14.9 Å². The Morgan fingerprint density at radius 1 is 1.20 bits per heavy atom. The monoisotopic (exact) mass is 356 g/mol. The van der Waals surface area contributed by atoms with E-state index in [4.69, 9.17) is 11.6 Å². The molecular formula is C17H13ClN4O3. The van der Waals surface area contributed by atoms with Gasteiger partial charge in [0.1, 0.15) is 0 Å². The highest BCUT2D eigenvalue weighted by atomic mass is 35.5. The number of carbonyl (C=O) groups excluding carboxylic acids is 1. The third-order valence-electron chi connectivity index (χ3n) is 3.47. The van der Waals surface area contributed by atoms with E-state index in [1.807, 2.05) is 6.07 Å². The van der Waals surface area contributed by atoms with Crippen LogP contribution in [-0.4, -0.2) is 21.0 Å². The van der Waals surface area contributed by atoms with E-state index in [1.54, 1.807) is 36.4 Å². The lowest BCUT2D eigenvalue weighted by Gasteiger charge is -2.02. The van der Waals surface area contributed by atoms with Gasteiger partial charge in [0.25, 0.3) is 5.69 Å². The van der Waals surface area contributed by atoms with Crippen LogP contribution < -0.4 is 5.32 Å². The predicted molar refractivity (Wildman–Crippen MR) is 94.5 cm³/mol. The smallest absolute Gasteiger partial charge is 0.270 e. The molecular weight excluding hydrogens is 344 g/mol. The summed E-state index contributed by atoms with van der Waals surface area (Å²) < 4.78 is 0. The van der Waals surface area contributed by atoms with Crippen molar-refractivity contribution in [3.63, 3.8) is 0 Å². The molecule has 0 aliphatic rings. The van der Waals surface area contributed by atoms with Gasteiger partial charge in [0.2, 0.25) is 5.91 Å². The summed E-state index contributed by atoms with van der Waals surface area (Å²) in [6.07, 6.45) is 0.166.